The quantitative estimate of drug-likeness (QED) is 0.671. The van der Waals surface area contributed by atoms with Crippen molar-refractivity contribution in [1.29, 1.82) is 0 Å². The van der Waals surface area contributed by atoms with Crippen LogP contribution < -0.4 is 0 Å². The number of para-hydroxylation sites is 1. The van der Waals surface area contributed by atoms with Crippen LogP contribution in [0.2, 0.25) is 0 Å². The highest BCUT2D eigenvalue weighted by Gasteiger charge is 2.09. The summed E-state index contributed by atoms with van der Waals surface area (Å²) >= 11 is 0. The molecule has 3 rings (SSSR count). The molecule has 0 unspecified atom stereocenters. The van der Waals surface area contributed by atoms with Gasteiger partial charge in [-0.3, -0.25) is 0 Å². The van der Waals surface area contributed by atoms with Crippen LogP contribution in [0.25, 0.3) is 16.7 Å². The second-order valence-corrected chi connectivity index (χ2v) is 3.80. The predicted octanol–water partition coefficient (Wildman–Crippen LogP) is 2.38. The minimum Gasteiger partial charge on any atom is -0.241 e. The first-order chi connectivity index (χ1) is 8.40. The summed E-state index contributed by atoms with van der Waals surface area (Å²) in [4.78, 5) is 8.58. The Bertz CT molecular complexity index is 643. The number of nitrogens with zero attached hydrogens (tertiary/aromatic N) is 4. The zero-order chi connectivity index (χ0) is 11.7. The normalized spacial score (nSPS) is 10.9. The molecule has 2 aromatic heterocycles. The van der Waals surface area contributed by atoms with Gasteiger partial charge in [-0.2, -0.15) is 5.10 Å². The van der Waals surface area contributed by atoms with Gasteiger partial charge >= 0.3 is 0 Å². The summed E-state index contributed by atoms with van der Waals surface area (Å²) in [5.74, 6) is 0. The molecule has 0 saturated carbocycles. The van der Waals surface area contributed by atoms with Crippen molar-refractivity contribution < 1.29 is 0 Å². The summed E-state index contributed by atoms with van der Waals surface area (Å²) in [6.07, 6.45) is 4.32. The summed E-state index contributed by atoms with van der Waals surface area (Å²) in [5.41, 5.74) is 2.92. The first-order valence-corrected chi connectivity index (χ1v) is 5.63. The lowest BCUT2D eigenvalue weighted by atomic mass is 10.2. The zero-order valence-corrected chi connectivity index (χ0v) is 9.54. The molecule has 0 aliphatic heterocycles. The fourth-order valence-electron chi connectivity index (χ4n) is 1.93. The number of hydrogen-bond acceptors (Lipinski definition) is 3. The molecule has 3 aromatic rings. The summed E-state index contributed by atoms with van der Waals surface area (Å²) in [5, 5.41) is 5.42. The third-order valence-corrected chi connectivity index (χ3v) is 2.78. The van der Waals surface area contributed by atoms with Gasteiger partial charge in [-0.1, -0.05) is 25.1 Å². The number of aromatic nitrogens is 4. The van der Waals surface area contributed by atoms with Crippen molar-refractivity contribution in [3.63, 3.8) is 0 Å². The van der Waals surface area contributed by atoms with E-state index in [2.05, 4.69) is 22.0 Å². The van der Waals surface area contributed by atoms with Crippen LogP contribution in [0.5, 0.6) is 0 Å². The molecule has 2 heterocycles. The van der Waals surface area contributed by atoms with Crippen LogP contribution in [0.4, 0.5) is 0 Å². The topological polar surface area (TPSA) is 43.6 Å². The Hall–Kier alpha value is -2.23. The third-order valence-electron chi connectivity index (χ3n) is 2.78. The van der Waals surface area contributed by atoms with Crippen LogP contribution in [-0.2, 0) is 6.42 Å². The number of fused-ring (bicyclic) bond motifs is 1. The van der Waals surface area contributed by atoms with Crippen LogP contribution in [-0.4, -0.2) is 19.7 Å². The number of rotatable bonds is 2. The molecule has 0 fully saturated rings. The van der Waals surface area contributed by atoms with Gasteiger partial charge in [-0.05, 0) is 18.6 Å². The van der Waals surface area contributed by atoms with Crippen molar-refractivity contribution in [2.24, 2.45) is 0 Å². The maximum Gasteiger partial charge on any atom is 0.166 e. The fourth-order valence-corrected chi connectivity index (χ4v) is 1.93. The van der Waals surface area contributed by atoms with E-state index in [-0.39, 0.29) is 0 Å². The van der Waals surface area contributed by atoms with E-state index in [1.54, 1.807) is 6.33 Å². The van der Waals surface area contributed by atoms with Gasteiger partial charge < -0.3 is 0 Å². The van der Waals surface area contributed by atoms with Gasteiger partial charge in [0.15, 0.2) is 5.65 Å². The summed E-state index contributed by atoms with van der Waals surface area (Å²) in [7, 11) is 0. The zero-order valence-electron chi connectivity index (χ0n) is 9.54. The van der Waals surface area contributed by atoms with E-state index >= 15 is 0 Å². The van der Waals surface area contributed by atoms with E-state index in [1.165, 1.54) is 0 Å². The second-order valence-electron chi connectivity index (χ2n) is 3.80. The third kappa shape index (κ3) is 1.58. The molecular weight excluding hydrogens is 212 g/mol. The first kappa shape index (κ1) is 9.96. The average Bonchev–Trinajstić information content (AvgIpc) is 2.83. The Morgan fingerprint density at radius 2 is 1.94 bits per heavy atom. The highest BCUT2D eigenvalue weighted by Crippen LogP contribution is 2.18. The van der Waals surface area contributed by atoms with Gasteiger partial charge in [0.05, 0.1) is 23.0 Å². The number of hydrogen-bond donors (Lipinski definition) is 0. The van der Waals surface area contributed by atoms with Crippen molar-refractivity contribution in [1.82, 2.24) is 19.7 Å². The summed E-state index contributed by atoms with van der Waals surface area (Å²) < 4.78 is 1.84. The molecule has 0 aliphatic rings. The first-order valence-electron chi connectivity index (χ1n) is 5.63. The molecule has 84 valence electrons. The number of benzene rings is 1. The minimum absolute atomic E-state index is 0.864. The lowest BCUT2D eigenvalue weighted by Crippen LogP contribution is -1.98. The molecule has 0 atom stereocenters. The van der Waals surface area contributed by atoms with Crippen LogP contribution in [0, 0.1) is 0 Å². The summed E-state index contributed by atoms with van der Waals surface area (Å²) in [6.45, 7) is 2.08. The van der Waals surface area contributed by atoms with Gasteiger partial charge in [0.2, 0.25) is 0 Å². The predicted molar refractivity (Wildman–Crippen MR) is 66.0 cm³/mol. The maximum absolute atomic E-state index is 4.39. The van der Waals surface area contributed by atoms with Crippen molar-refractivity contribution in [2.75, 3.05) is 0 Å². The van der Waals surface area contributed by atoms with Crippen LogP contribution in [0.1, 0.15) is 12.6 Å². The molecule has 0 saturated heterocycles. The lowest BCUT2D eigenvalue weighted by Gasteiger charge is -2.02. The van der Waals surface area contributed by atoms with E-state index in [1.807, 2.05) is 41.2 Å². The van der Waals surface area contributed by atoms with Crippen LogP contribution in [0.3, 0.4) is 0 Å². The average molecular weight is 224 g/mol. The van der Waals surface area contributed by atoms with Crippen LogP contribution in [0.15, 0.2) is 42.9 Å². The second kappa shape index (κ2) is 3.97. The minimum atomic E-state index is 0.864. The van der Waals surface area contributed by atoms with Gasteiger partial charge in [-0.25, -0.2) is 14.6 Å². The van der Waals surface area contributed by atoms with Gasteiger partial charge in [-0.15, -0.1) is 0 Å². The van der Waals surface area contributed by atoms with E-state index in [0.29, 0.717) is 0 Å². The molecule has 4 nitrogen and oxygen atoms in total. The van der Waals surface area contributed by atoms with Crippen LogP contribution >= 0.6 is 0 Å². The Morgan fingerprint density at radius 3 is 2.71 bits per heavy atom. The van der Waals surface area contributed by atoms with Gasteiger partial charge in [0.25, 0.3) is 0 Å². The lowest BCUT2D eigenvalue weighted by molar-refractivity contribution is 0.893. The highest BCUT2D eigenvalue weighted by atomic mass is 15.3. The van der Waals surface area contributed by atoms with Crippen molar-refractivity contribution >= 4 is 11.0 Å². The Morgan fingerprint density at radius 1 is 1.12 bits per heavy atom. The molecule has 0 amide bonds. The standard InChI is InChI=1S/C13H12N4/c1-2-12-11-8-16-17(13(11)15-9-14-12)10-6-4-3-5-7-10/h3-9H,2H2,1H3. The molecule has 0 spiro atoms. The molecule has 1 aromatic carbocycles. The molecule has 0 radical (unpaired) electrons. The Balaban J connectivity index is 2.26. The molecule has 0 aliphatic carbocycles. The fraction of sp³-hybridized carbons (Fsp3) is 0.154. The Kier molecular flexibility index (Phi) is 2.33. The van der Waals surface area contributed by atoms with Crippen molar-refractivity contribution in [3.8, 4) is 5.69 Å². The number of aryl methyl sites for hydroxylation is 1. The van der Waals surface area contributed by atoms with Crippen molar-refractivity contribution in [3.05, 3.63) is 48.5 Å². The van der Waals surface area contributed by atoms with Crippen molar-refractivity contribution in [2.45, 2.75) is 13.3 Å². The van der Waals surface area contributed by atoms with Gasteiger partial charge in [0, 0.05) is 0 Å². The Labute approximate surface area is 98.9 Å². The monoisotopic (exact) mass is 224 g/mol. The maximum atomic E-state index is 4.39. The SMILES string of the molecule is CCc1ncnc2c1cnn2-c1ccccc1. The molecule has 0 bridgehead atoms. The largest absolute Gasteiger partial charge is 0.241 e. The van der Waals surface area contributed by atoms with E-state index in [4.69, 9.17) is 0 Å². The van der Waals surface area contributed by atoms with Gasteiger partial charge in [0.1, 0.15) is 6.33 Å². The molecule has 0 N–H and O–H groups in total. The highest BCUT2D eigenvalue weighted by molar-refractivity contribution is 5.78. The molecular formula is C13H12N4. The van der Waals surface area contributed by atoms with E-state index in [0.717, 1.165) is 28.8 Å². The summed E-state index contributed by atoms with van der Waals surface area (Å²) in [6, 6.07) is 10.00. The molecule has 4 heteroatoms. The molecule has 17 heavy (non-hydrogen) atoms. The van der Waals surface area contributed by atoms with E-state index < -0.39 is 0 Å². The van der Waals surface area contributed by atoms with E-state index in [9.17, 15) is 0 Å². The smallest absolute Gasteiger partial charge is 0.166 e.